The molecule has 1 aliphatic carbocycles. The fourth-order valence-corrected chi connectivity index (χ4v) is 7.90. The summed E-state index contributed by atoms with van der Waals surface area (Å²) in [4.78, 5) is 14.3. The van der Waals surface area contributed by atoms with Crippen LogP contribution in [0.25, 0.3) is 0 Å². The molecule has 4 aliphatic heterocycles. The van der Waals surface area contributed by atoms with E-state index in [1.54, 1.807) is 6.07 Å². The Bertz CT molecular complexity index is 1300. The highest BCUT2D eigenvalue weighted by Gasteiger charge is 2.50. The standard InChI is InChI=1S/C30H39F2N5O3/c1-19-13-23(33)26(32)25-21(19)5-2-7-30(25)15-24-22(17-40-30)27(36-8-4-11-38-12-10-36)35-28(34-24)39-18-29-6-3-9-37(29)16-20(31)14-29/h13,20H,2-12,14-18,33H2,1H3. The second kappa shape index (κ2) is 10.1. The molecule has 3 atom stereocenters. The Morgan fingerprint density at radius 1 is 1.12 bits per heavy atom. The molecule has 0 amide bonds. The number of aromatic nitrogens is 2. The molecule has 7 rings (SSSR count). The number of halogens is 2. The quantitative estimate of drug-likeness (QED) is 0.567. The summed E-state index contributed by atoms with van der Waals surface area (Å²) in [6.07, 6.45) is 5.36. The Morgan fingerprint density at radius 3 is 2.92 bits per heavy atom. The second-order valence-corrected chi connectivity index (χ2v) is 12.3. The fraction of sp³-hybridized carbons (Fsp3) is 0.667. The van der Waals surface area contributed by atoms with Crippen LogP contribution in [0.3, 0.4) is 0 Å². The molecule has 0 radical (unpaired) electrons. The van der Waals surface area contributed by atoms with E-state index in [9.17, 15) is 4.39 Å². The number of nitrogens with zero attached hydrogens (tertiary/aromatic N) is 4. The number of rotatable bonds is 4. The predicted octanol–water partition coefficient (Wildman–Crippen LogP) is 3.99. The van der Waals surface area contributed by atoms with Crippen LogP contribution in [-0.2, 0) is 34.5 Å². The first kappa shape index (κ1) is 26.3. The molecule has 5 aliphatic rings. The van der Waals surface area contributed by atoms with Gasteiger partial charge in [-0.05, 0) is 69.2 Å². The van der Waals surface area contributed by atoms with Gasteiger partial charge in [0, 0.05) is 50.2 Å². The van der Waals surface area contributed by atoms with Crippen LogP contribution in [0.5, 0.6) is 6.01 Å². The second-order valence-electron chi connectivity index (χ2n) is 12.3. The summed E-state index contributed by atoms with van der Waals surface area (Å²) in [6, 6.07) is 2.04. The highest BCUT2D eigenvalue weighted by atomic mass is 19.1. The van der Waals surface area contributed by atoms with Crippen LogP contribution in [0.15, 0.2) is 6.07 Å². The molecule has 2 aromatic rings. The first-order chi connectivity index (χ1) is 19.4. The molecule has 1 aromatic carbocycles. The average molecular weight is 556 g/mol. The van der Waals surface area contributed by atoms with Crippen molar-refractivity contribution in [2.45, 2.75) is 82.2 Å². The Labute approximate surface area is 234 Å². The third-order valence-electron chi connectivity index (χ3n) is 9.83. The summed E-state index contributed by atoms with van der Waals surface area (Å²) in [5.74, 6) is 0.429. The van der Waals surface area contributed by atoms with E-state index in [0.717, 1.165) is 73.4 Å². The topological polar surface area (TPSA) is 86.0 Å². The van der Waals surface area contributed by atoms with E-state index in [4.69, 9.17) is 29.9 Å². The number of nitrogens with two attached hydrogens (primary N) is 1. The van der Waals surface area contributed by atoms with Gasteiger partial charge >= 0.3 is 6.01 Å². The summed E-state index contributed by atoms with van der Waals surface area (Å²) >= 11 is 0. The molecule has 0 bridgehead atoms. The Hall–Kier alpha value is -2.56. The molecule has 8 nitrogen and oxygen atoms in total. The van der Waals surface area contributed by atoms with Crippen molar-refractivity contribution in [2.75, 3.05) is 56.6 Å². The van der Waals surface area contributed by atoms with Gasteiger partial charge in [0.05, 0.1) is 30.1 Å². The summed E-state index contributed by atoms with van der Waals surface area (Å²) in [7, 11) is 0. The lowest BCUT2D eigenvalue weighted by atomic mass is 9.73. The molecule has 216 valence electrons. The largest absolute Gasteiger partial charge is 0.461 e. The van der Waals surface area contributed by atoms with Gasteiger partial charge in [0.1, 0.15) is 24.2 Å². The Morgan fingerprint density at radius 2 is 2.02 bits per heavy atom. The number of hydrogen-bond acceptors (Lipinski definition) is 8. The lowest BCUT2D eigenvalue weighted by Gasteiger charge is -2.43. The molecule has 1 spiro atoms. The van der Waals surface area contributed by atoms with Gasteiger partial charge in [-0.25, -0.2) is 8.78 Å². The summed E-state index contributed by atoms with van der Waals surface area (Å²) < 4.78 is 48.8. The van der Waals surface area contributed by atoms with Crippen molar-refractivity contribution in [3.63, 3.8) is 0 Å². The Kier molecular flexibility index (Phi) is 6.63. The minimum atomic E-state index is -0.830. The van der Waals surface area contributed by atoms with E-state index in [0.29, 0.717) is 63.7 Å². The zero-order valence-electron chi connectivity index (χ0n) is 23.3. The van der Waals surface area contributed by atoms with Crippen molar-refractivity contribution in [2.24, 2.45) is 0 Å². The first-order valence-electron chi connectivity index (χ1n) is 14.8. The number of alkyl halides is 1. The maximum atomic E-state index is 15.7. The highest BCUT2D eigenvalue weighted by molar-refractivity contribution is 5.56. The van der Waals surface area contributed by atoms with Crippen LogP contribution >= 0.6 is 0 Å². The van der Waals surface area contributed by atoms with Crippen molar-refractivity contribution < 1.29 is 23.0 Å². The van der Waals surface area contributed by atoms with Gasteiger partial charge < -0.3 is 24.8 Å². The molecular formula is C30H39F2N5O3. The molecule has 3 fully saturated rings. The van der Waals surface area contributed by atoms with Gasteiger partial charge in [0.15, 0.2) is 5.82 Å². The summed E-state index contributed by atoms with van der Waals surface area (Å²) in [5, 5.41) is 0. The maximum absolute atomic E-state index is 15.7. The van der Waals surface area contributed by atoms with Crippen molar-refractivity contribution >= 4 is 11.5 Å². The number of anilines is 2. The maximum Gasteiger partial charge on any atom is 0.318 e. The number of ether oxygens (including phenoxy) is 3. The normalized spacial score (nSPS) is 30.2. The summed E-state index contributed by atoms with van der Waals surface area (Å²) in [6.45, 7) is 6.88. The van der Waals surface area contributed by atoms with E-state index in [-0.39, 0.29) is 23.7 Å². The molecule has 2 N–H and O–H groups in total. The van der Waals surface area contributed by atoms with E-state index in [2.05, 4.69) is 9.80 Å². The zero-order valence-corrected chi connectivity index (χ0v) is 23.3. The number of aryl methyl sites for hydroxylation is 1. The zero-order chi connectivity index (χ0) is 27.5. The lowest BCUT2D eigenvalue weighted by Crippen LogP contribution is -2.44. The van der Waals surface area contributed by atoms with Crippen LogP contribution in [0.2, 0.25) is 0 Å². The van der Waals surface area contributed by atoms with Crippen LogP contribution in [0, 0.1) is 12.7 Å². The molecule has 40 heavy (non-hydrogen) atoms. The number of fused-ring (bicyclic) bond motifs is 4. The van der Waals surface area contributed by atoms with Crippen molar-refractivity contribution in [3.05, 3.63) is 39.8 Å². The third-order valence-corrected chi connectivity index (χ3v) is 9.83. The van der Waals surface area contributed by atoms with E-state index < -0.39 is 11.8 Å². The minimum absolute atomic E-state index is 0.159. The van der Waals surface area contributed by atoms with Gasteiger partial charge in [0.2, 0.25) is 0 Å². The van der Waals surface area contributed by atoms with Gasteiger partial charge in [0.25, 0.3) is 0 Å². The van der Waals surface area contributed by atoms with Crippen LogP contribution < -0.4 is 15.4 Å². The molecule has 3 unspecified atom stereocenters. The van der Waals surface area contributed by atoms with Gasteiger partial charge in [-0.2, -0.15) is 9.97 Å². The van der Waals surface area contributed by atoms with Gasteiger partial charge in [-0.15, -0.1) is 0 Å². The molecular weight excluding hydrogens is 516 g/mol. The van der Waals surface area contributed by atoms with Gasteiger partial charge in [-0.1, -0.05) is 0 Å². The number of hydrogen-bond donors (Lipinski definition) is 1. The highest BCUT2D eigenvalue weighted by Crippen LogP contribution is 2.49. The SMILES string of the molecule is Cc1cc(N)c(F)c2c1CCCC21Cc2nc(OCC34CCCN3CC(F)C4)nc(N3CCCOCC3)c2CO1. The predicted molar refractivity (Wildman–Crippen MR) is 147 cm³/mol. The first-order valence-corrected chi connectivity index (χ1v) is 14.8. The molecule has 1 aromatic heterocycles. The smallest absolute Gasteiger partial charge is 0.318 e. The van der Waals surface area contributed by atoms with Crippen molar-refractivity contribution in [3.8, 4) is 6.01 Å². The van der Waals surface area contributed by atoms with Crippen LogP contribution in [0.4, 0.5) is 20.3 Å². The monoisotopic (exact) mass is 555 g/mol. The van der Waals surface area contributed by atoms with Crippen molar-refractivity contribution in [1.82, 2.24) is 14.9 Å². The Balaban J connectivity index is 1.27. The van der Waals surface area contributed by atoms with E-state index in [1.807, 2.05) is 6.92 Å². The van der Waals surface area contributed by atoms with E-state index >= 15 is 4.39 Å². The summed E-state index contributed by atoms with van der Waals surface area (Å²) in [5.41, 5.74) is 9.51. The number of benzene rings is 1. The molecule has 10 heteroatoms. The van der Waals surface area contributed by atoms with Crippen molar-refractivity contribution in [1.29, 1.82) is 0 Å². The fourth-order valence-electron chi connectivity index (χ4n) is 7.90. The minimum Gasteiger partial charge on any atom is -0.461 e. The third kappa shape index (κ3) is 4.34. The number of nitrogen functional groups attached to an aromatic ring is 1. The van der Waals surface area contributed by atoms with Crippen LogP contribution in [-0.4, -0.2) is 72.6 Å². The average Bonchev–Trinajstić information content (AvgIpc) is 3.31. The van der Waals surface area contributed by atoms with Crippen LogP contribution in [0.1, 0.15) is 66.5 Å². The van der Waals surface area contributed by atoms with Gasteiger partial charge in [-0.3, -0.25) is 4.90 Å². The molecule has 5 heterocycles. The molecule has 3 saturated heterocycles. The van der Waals surface area contributed by atoms with E-state index in [1.165, 1.54) is 0 Å². The molecule has 0 saturated carbocycles. The lowest BCUT2D eigenvalue weighted by molar-refractivity contribution is -0.0877.